The number of rotatable bonds is 20. The van der Waals surface area contributed by atoms with E-state index in [2.05, 4.69) is 26.6 Å². The van der Waals surface area contributed by atoms with Crippen molar-refractivity contribution in [2.24, 2.45) is 17.6 Å². The molecule has 280 valence electrons. The summed E-state index contributed by atoms with van der Waals surface area (Å²) in [6.45, 7) is 12.0. The van der Waals surface area contributed by atoms with Gasteiger partial charge >= 0.3 is 11.9 Å². The van der Waals surface area contributed by atoms with Crippen molar-refractivity contribution in [3.05, 3.63) is 35.9 Å². The third-order valence-corrected chi connectivity index (χ3v) is 7.38. The van der Waals surface area contributed by atoms with Gasteiger partial charge in [-0.25, -0.2) is 0 Å². The largest absolute Gasteiger partial charge is 0.481 e. The predicted molar refractivity (Wildman–Crippen MR) is 183 cm³/mol. The SMILES string of the molecule is CC(C)C[C@H](NC(=O)[C@@H](NC(=O)[C@@H](N)CCC(=O)O)C(C)C)C(=O)N[C@@H](Cc1ccccc1)[C@@H](O)C(=O)N[C@@H](CC(=O)O)C(=O)NC(C)(C)C. The van der Waals surface area contributed by atoms with Gasteiger partial charge in [0.05, 0.1) is 18.5 Å². The number of carbonyl (C=O) groups is 7. The molecule has 5 amide bonds. The molecule has 1 aromatic carbocycles. The number of aliphatic hydroxyl groups is 1. The summed E-state index contributed by atoms with van der Waals surface area (Å²) in [6, 6.07) is 2.27. The quantitative estimate of drug-likeness (QED) is 0.0858. The van der Waals surface area contributed by atoms with Crippen LogP contribution in [0.15, 0.2) is 30.3 Å². The highest BCUT2D eigenvalue weighted by Gasteiger charge is 2.36. The number of aliphatic carboxylic acids is 2. The smallest absolute Gasteiger partial charge is 0.305 e. The molecule has 16 heteroatoms. The Morgan fingerprint density at radius 2 is 1.32 bits per heavy atom. The van der Waals surface area contributed by atoms with Gasteiger partial charge in [-0.15, -0.1) is 0 Å². The number of nitrogens with one attached hydrogen (secondary N) is 5. The molecule has 1 rings (SSSR count). The summed E-state index contributed by atoms with van der Waals surface area (Å²) >= 11 is 0. The highest BCUT2D eigenvalue weighted by Crippen LogP contribution is 2.12. The normalized spacial score (nSPS) is 15.1. The van der Waals surface area contributed by atoms with E-state index in [0.29, 0.717) is 5.56 Å². The minimum Gasteiger partial charge on any atom is -0.481 e. The number of benzene rings is 1. The van der Waals surface area contributed by atoms with Crippen molar-refractivity contribution in [2.45, 2.75) is 122 Å². The maximum atomic E-state index is 13.8. The minimum absolute atomic E-state index is 0.0554. The van der Waals surface area contributed by atoms with Crippen LogP contribution < -0.4 is 32.3 Å². The lowest BCUT2D eigenvalue weighted by molar-refractivity contribution is -0.142. The Kier molecular flexibility index (Phi) is 17.5. The van der Waals surface area contributed by atoms with Gasteiger partial charge in [0.2, 0.25) is 23.6 Å². The molecule has 0 saturated carbocycles. The number of hydrogen-bond acceptors (Lipinski definition) is 9. The molecule has 50 heavy (non-hydrogen) atoms. The molecule has 0 heterocycles. The molecule has 0 aliphatic heterocycles. The molecule has 16 nitrogen and oxygen atoms in total. The molecule has 6 atom stereocenters. The lowest BCUT2D eigenvalue weighted by Crippen LogP contribution is -2.61. The number of hydrogen-bond donors (Lipinski definition) is 9. The topological polar surface area (TPSA) is 266 Å². The van der Waals surface area contributed by atoms with Crippen molar-refractivity contribution < 1.29 is 48.9 Å². The fraction of sp³-hybridized carbons (Fsp3) is 0.618. The van der Waals surface area contributed by atoms with Crippen molar-refractivity contribution in [1.82, 2.24) is 26.6 Å². The van der Waals surface area contributed by atoms with E-state index in [9.17, 15) is 43.8 Å². The van der Waals surface area contributed by atoms with Crippen LogP contribution in [-0.4, -0.2) is 98.6 Å². The standard InChI is InChI=1S/C34H54N6O10/c1-18(2)15-23(37-32(49)27(19(3)4)39-29(46)21(35)13-14-25(41)42)30(47)36-22(16-20-11-9-8-10-12-20)28(45)33(50)38-24(17-26(43)44)31(48)40-34(5,6)7/h8-12,18-19,21-24,27-28,45H,13-17,35H2,1-7H3,(H,36,47)(H,37,49)(H,38,50)(H,39,46)(H,40,48)(H,41,42)(H,43,44)/t21-,22-,23-,24-,27-,28+/m0/s1. The number of carboxylic acid groups (broad SMARTS) is 2. The summed E-state index contributed by atoms with van der Waals surface area (Å²) in [5.74, 6) is -7.16. The summed E-state index contributed by atoms with van der Waals surface area (Å²) in [5.41, 5.74) is 5.70. The van der Waals surface area contributed by atoms with Gasteiger partial charge in [-0.05, 0) is 57.4 Å². The molecule has 0 aliphatic carbocycles. The van der Waals surface area contributed by atoms with E-state index in [1.54, 1.807) is 65.0 Å². The minimum atomic E-state index is -1.96. The average molecular weight is 707 g/mol. The molecule has 0 saturated heterocycles. The first kappa shape index (κ1) is 43.5. The molecule has 0 radical (unpaired) electrons. The molecular formula is C34H54N6O10. The van der Waals surface area contributed by atoms with Gasteiger partial charge < -0.3 is 47.6 Å². The van der Waals surface area contributed by atoms with E-state index < -0.39 is 95.7 Å². The zero-order chi connectivity index (χ0) is 38.3. The highest BCUT2D eigenvalue weighted by molar-refractivity contribution is 5.94. The Balaban J connectivity index is 3.30. The molecule has 0 unspecified atom stereocenters. The Morgan fingerprint density at radius 1 is 0.740 bits per heavy atom. The van der Waals surface area contributed by atoms with Crippen LogP contribution in [0.5, 0.6) is 0 Å². The van der Waals surface area contributed by atoms with Crippen LogP contribution >= 0.6 is 0 Å². The number of nitrogens with two attached hydrogens (primary N) is 1. The maximum absolute atomic E-state index is 13.8. The van der Waals surface area contributed by atoms with Crippen molar-refractivity contribution in [3.8, 4) is 0 Å². The Hall–Kier alpha value is -4.57. The van der Waals surface area contributed by atoms with Crippen LogP contribution in [0.25, 0.3) is 0 Å². The Morgan fingerprint density at radius 3 is 1.82 bits per heavy atom. The van der Waals surface area contributed by atoms with Gasteiger partial charge in [0.25, 0.3) is 5.91 Å². The first-order chi connectivity index (χ1) is 23.1. The van der Waals surface area contributed by atoms with Crippen LogP contribution in [0.1, 0.15) is 79.7 Å². The molecule has 1 aromatic rings. The molecule has 0 bridgehead atoms. The van der Waals surface area contributed by atoms with Gasteiger partial charge in [0.15, 0.2) is 6.10 Å². The molecule has 0 spiro atoms. The summed E-state index contributed by atoms with van der Waals surface area (Å²) in [7, 11) is 0. The third kappa shape index (κ3) is 16.2. The summed E-state index contributed by atoms with van der Waals surface area (Å²) < 4.78 is 0. The first-order valence-electron chi connectivity index (χ1n) is 16.6. The molecular weight excluding hydrogens is 652 g/mol. The van der Waals surface area contributed by atoms with Crippen LogP contribution in [0.2, 0.25) is 0 Å². The van der Waals surface area contributed by atoms with Crippen molar-refractivity contribution >= 4 is 41.5 Å². The van der Waals surface area contributed by atoms with Crippen LogP contribution in [-0.2, 0) is 40.0 Å². The number of amides is 5. The molecule has 0 fully saturated rings. The van der Waals surface area contributed by atoms with E-state index in [0.717, 1.165) is 0 Å². The maximum Gasteiger partial charge on any atom is 0.305 e. The molecule has 10 N–H and O–H groups in total. The molecule has 0 aromatic heterocycles. The summed E-state index contributed by atoms with van der Waals surface area (Å²) in [4.78, 5) is 88.4. The lowest BCUT2D eigenvalue weighted by atomic mass is 9.97. The van der Waals surface area contributed by atoms with Gasteiger partial charge in [0, 0.05) is 12.0 Å². The third-order valence-electron chi connectivity index (χ3n) is 7.38. The average Bonchev–Trinajstić information content (AvgIpc) is 2.99. The summed E-state index contributed by atoms with van der Waals surface area (Å²) in [5, 5.41) is 42.2. The highest BCUT2D eigenvalue weighted by atomic mass is 16.4. The van der Waals surface area contributed by atoms with E-state index in [1.165, 1.54) is 0 Å². The first-order valence-corrected chi connectivity index (χ1v) is 16.6. The van der Waals surface area contributed by atoms with Crippen LogP contribution in [0, 0.1) is 11.8 Å². The Labute approximate surface area is 292 Å². The zero-order valence-electron chi connectivity index (χ0n) is 29.8. The van der Waals surface area contributed by atoms with E-state index in [4.69, 9.17) is 10.8 Å². The fourth-order valence-electron chi connectivity index (χ4n) is 4.84. The molecule has 0 aliphatic rings. The van der Waals surface area contributed by atoms with Crippen LogP contribution in [0.3, 0.4) is 0 Å². The van der Waals surface area contributed by atoms with Gasteiger partial charge in [0.1, 0.15) is 18.1 Å². The van der Waals surface area contributed by atoms with E-state index >= 15 is 0 Å². The number of carbonyl (C=O) groups excluding carboxylic acids is 5. The van der Waals surface area contributed by atoms with E-state index in [1.807, 2.05) is 13.8 Å². The second kappa shape index (κ2) is 20.2. The predicted octanol–water partition coefficient (Wildman–Crippen LogP) is -0.187. The second-order valence-corrected chi connectivity index (χ2v) is 14.1. The van der Waals surface area contributed by atoms with Gasteiger partial charge in [-0.2, -0.15) is 0 Å². The lowest BCUT2D eigenvalue weighted by Gasteiger charge is -2.30. The fourth-order valence-corrected chi connectivity index (χ4v) is 4.84. The monoisotopic (exact) mass is 706 g/mol. The second-order valence-electron chi connectivity index (χ2n) is 14.1. The Bertz CT molecular complexity index is 1330. The zero-order valence-corrected chi connectivity index (χ0v) is 29.8. The van der Waals surface area contributed by atoms with Crippen molar-refractivity contribution in [2.75, 3.05) is 0 Å². The number of carboxylic acids is 2. The van der Waals surface area contributed by atoms with E-state index in [-0.39, 0.29) is 31.6 Å². The van der Waals surface area contributed by atoms with Crippen molar-refractivity contribution in [1.29, 1.82) is 0 Å². The summed E-state index contributed by atoms with van der Waals surface area (Å²) in [6.07, 6.45) is -3.15. The van der Waals surface area contributed by atoms with Crippen LogP contribution in [0.4, 0.5) is 0 Å². The number of aliphatic hydroxyl groups excluding tert-OH is 1. The van der Waals surface area contributed by atoms with Crippen molar-refractivity contribution in [3.63, 3.8) is 0 Å². The van der Waals surface area contributed by atoms with Gasteiger partial charge in [-0.1, -0.05) is 58.0 Å². The van der Waals surface area contributed by atoms with Gasteiger partial charge in [-0.3, -0.25) is 33.6 Å².